The number of rotatable bonds is 3. The third-order valence-corrected chi connectivity index (χ3v) is 3.58. The van der Waals surface area contributed by atoms with Gasteiger partial charge in [-0.1, -0.05) is 42.1 Å². The van der Waals surface area contributed by atoms with Crippen LogP contribution in [0.3, 0.4) is 0 Å². The van der Waals surface area contributed by atoms with Crippen molar-refractivity contribution in [3.05, 3.63) is 27.7 Å². The van der Waals surface area contributed by atoms with Crippen LogP contribution in [0.15, 0.2) is 12.1 Å². The Morgan fingerprint density at radius 2 is 2.07 bits per heavy atom. The normalized spacial score (nSPS) is 17.8. The summed E-state index contributed by atoms with van der Waals surface area (Å²) in [5.74, 6) is 0.742. The van der Waals surface area contributed by atoms with Gasteiger partial charge in [-0.25, -0.2) is 0 Å². The Hall–Kier alpha value is -0.440. The van der Waals surface area contributed by atoms with Crippen molar-refractivity contribution < 1.29 is 5.11 Å². The number of halogens is 2. The molecular formula is C11H13Cl2NO. The number of phenolic OH excluding ortho intramolecular Hbond substituents is 1. The maximum atomic E-state index is 9.79. The van der Waals surface area contributed by atoms with E-state index in [-0.39, 0.29) is 16.8 Å². The van der Waals surface area contributed by atoms with Gasteiger partial charge in [-0.05, 0) is 18.4 Å². The van der Waals surface area contributed by atoms with Gasteiger partial charge in [-0.15, -0.1) is 0 Å². The first-order chi connectivity index (χ1) is 7.09. The lowest BCUT2D eigenvalue weighted by Gasteiger charge is -2.14. The van der Waals surface area contributed by atoms with Gasteiger partial charge in [0, 0.05) is 11.6 Å². The van der Waals surface area contributed by atoms with E-state index in [0.29, 0.717) is 16.5 Å². The van der Waals surface area contributed by atoms with Crippen LogP contribution in [0.4, 0.5) is 0 Å². The van der Waals surface area contributed by atoms with Crippen molar-refractivity contribution in [2.75, 3.05) is 0 Å². The standard InChI is InChI=1S/C11H13Cl2NO/c12-8-4-3-7(11(15)10(8)13)9(14)5-6-1-2-6/h3-4,6,9,15H,1-2,5,14H2/t9-/m1/s1. The molecule has 15 heavy (non-hydrogen) atoms. The van der Waals surface area contributed by atoms with E-state index in [4.69, 9.17) is 28.9 Å². The first kappa shape index (κ1) is 11.1. The van der Waals surface area contributed by atoms with Crippen LogP contribution in [0.2, 0.25) is 10.0 Å². The molecule has 0 heterocycles. The zero-order chi connectivity index (χ0) is 11.0. The molecule has 0 unspecified atom stereocenters. The van der Waals surface area contributed by atoms with E-state index in [1.807, 2.05) is 0 Å². The molecule has 0 radical (unpaired) electrons. The van der Waals surface area contributed by atoms with Crippen molar-refractivity contribution in [3.8, 4) is 5.75 Å². The predicted molar refractivity (Wildman–Crippen MR) is 62.4 cm³/mol. The van der Waals surface area contributed by atoms with Crippen LogP contribution in [0.25, 0.3) is 0 Å². The van der Waals surface area contributed by atoms with E-state index in [1.165, 1.54) is 12.8 Å². The average molecular weight is 246 g/mol. The zero-order valence-electron chi connectivity index (χ0n) is 8.21. The van der Waals surface area contributed by atoms with Crippen molar-refractivity contribution in [1.82, 2.24) is 0 Å². The quantitative estimate of drug-likeness (QED) is 0.857. The van der Waals surface area contributed by atoms with E-state index in [0.717, 1.165) is 6.42 Å². The molecule has 1 atom stereocenters. The van der Waals surface area contributed by atoms with Gasteiger partial charge in [0.1, 0.15) is 10.8 Å². The van der Waals surface area contributed by atoms with Crippen LogP contribution in [0.5, 0.6) is 5.75 Å². The maximum Gasteiger partial charge on any atom is 0.140 e. The van der Waals surface area contributed by atoms with Crippen LogP contribution < -0.4 is 5.73 Å². The molecule has 1 fully saturated rings. The van der Waals surface area contributed by atoms with Crippen molar-refractivity contribution in [1.29, 1.82) is 0 Å². The summed E-state index contributed by atoms with van der Waals surface area (Å²) in [4.78, 5) is 0. The van der Waals surface area contributed by atoms with Gasteiger partial charge in [-0.3, -0.25) is 0 Å². The molecule has 0 saturated heterocycles. The van der Waals surface area contributed by atoms with E-state index < -0.39 is 0 Å². The fourth-order valence-corrected chi connectivity index (χ4v) is 2.02. The van der Waals surface area contributed by atoms with Crippen LogP contribution in [-0.4, -0.2) is 5.11 Å². The highest BCUT2D eigenvalue weighted by molar-refractivity contribution is 6.43. The molecular weight excluding hydrogens is 233 g/mol. The molecule has 0 bridgehead atoms. The van der Waals surface area contributed by atoms with Crippen LogP contribution >= 0.6 is 23.2 Å². The summed E-state index contributed by atoms with van der Waals surface area (Å²) >= 11 is 11.6. The molecule has 1 aliphatic rings. The van der Waals surface area contributed by atoms with Crippen molar-refractivity contribution in [3.63, 3.8) is 0 Å². The van der Waals surface area contributed by atoms with E-state index >= 15 is 0 Å². The maximum absolute atomic E-state index is 9.79. The number of benzene rings is 1. The fourth-order valence-electron chi connectivity index (χ4n) is 1.69. The lowest BCUT2D eigenvalue weighted by molar-refractivity contribution is 0.456. The molecule has 4 heteroatoms. The minimum atomic E-state index is -0.146. The van der Waals surface area contributed by atoms with E-state index in [9.17, 15) is 5.11 Å². The van der Waals surface area contributed by atoms with Crippen molar-refractivity contribution in [2.45, 2.75) is 25.3 Å². The van der Waals surface area contributed by atoms with E-state index in [1.54, 1.807) is 12.1 Å². The topological polar surface area (TPSA) is 46.2 Å². The minimum absolute atomic E-state index is 0.0253. The Kier molecular flexibility index (Phi) is 3.10. The lowest BCUT2D eigenvalue weighted by Crippen LogP contribution is -2.11. The Bertz CT molecular complexity index is 377. The monoisotopic (exact) mass is 245 g/mol. The number of hydrogen-bond donors (Lipinski definition) is 2. The molecule has 1 aromatic rings. The zero-order valence-corrected chi connectivity index (χ0v) is 9.72. The molecule has 3 N–H and O–H groups in total. The summed E-state index contributed by atoms with van der Waals surface area (Å²) in [7, 11) is 0. The number of nitrogens with two attached hydrogens (primary N) is 1. The molecule has 2 nitrogen and oxygen atoms in total. The second kappa shape index (κ2) is 4.20. The van der Waals surface area contributed by atoms with Gasteiger partial charge in [0.05, 0.1) is 5.02 Å². The highest BCUT2D eigenvalue weighted by atomic mass is 35.5. The summed E-state index contributed by atoms with van der Waals surface area (Å²) < 4.78 is 0. The second-order valence-corrected chi connectivity index (χ2v) is 4.87. The van der Waals surface area contributed by atoms with Crippen molar-refractivity contribution >= 4 is 23.2 Å². The molecule has 82 valence electrons. The summed E-state index contributed by atoms with van der Waals surface area (Å²) in [6.07, 6.45) is 3.40. The average Bonchev–Trinajstić information content (AvgIpc) is 2.98. The van der Waals surface area contributed by atoms with Gasteiger partial charge >= 0.3 is 0 Å². The smallest absolute Gasteiger partial charge is 0.140 e. The van der Waals surface area contributed by atoms with Gasteiger partial charge in [-0.2, -0.15) is 0 Å². The molecule has 0 amide bonds. The fraction of sp³-hybridized carbons (Fsp3) is 0.455. The third kappa shape index (κ3) is 2.39. The van der Waals surface area contributed by atoms with Gasteiger partial charge in [0.25, 0.3) is 0 Å². The van der Waals surface area contributed by atoms with Crippen LogP contribution in [0, 0.1) is 5.92 Å². The Morgan fingerprint density at radius 3 is 2.67 bits per heavy atom. The lowest BCUT2D eigenvalue weighted by atomic mass is 10.0. The Balaban J connectivity index is 2.22. The SMILES string of the molecule is N[C@H](CC1CC1)c1ccc(Cl)c(Cl)c1O. The minimum Gasteiger partial charge on any atom is -0.506 e. The van der Waals surface area contributed by atoms with Gasteiger partial charge in [0.15, 0.2) is 0 Å². The van der Waals surface area contributed by atoms with E-state index in [2.05, 4.69) is 0 Å². The molecule has 1 saturated carbocycles. The first-order valence-electron chi connectivity index (χ1n) is 5.02. The van der Waals surface area contributed by atoms with Crippen molar-refractivity contribution in [2.24, 2.45) is 11.7 Å². The third-order valence-electron chi connectivity index (χ3n) is 2.78. The van der Waals surface area contributed by atoms with Crippen LogP contribution in [0.1, 0.15) is 30.9 Å². The highest BCUT2D eigenvalue weighted by Crippen LogP contribution is 2.41. The molecule has 1 aliphatic carbocycles. The Labute approximate surface area is 99.0 Å². The number of phenols is 1. The van der Waals surface area contributed by atoms with Gasteiger partial charge in [0.2, 0.25) is 0 Å². The molecule has 2 rings (SSSR count). The summed E-state index contributed by atoms with van der Waals surface area (Å²) in [6.45, 7) is 0. The number of hydrogen-bond acceptors (Lipinski definition) is 2. The molecule has 0 aliphatic heterocycles. The number of aromatic hydroxyl groups is 1. The van der Waals surface area contributed by atoms with Crippen LogP contribution in [-0.2, 0) is 0 Å². The second-order valence-electron chi connectivity index (χ2n) is 4.08. The summed E-state index contributed by atoms with van der Waals surface area (Å²) in [5, 5.41) is 10.3. The molecule has 1 aromatic carbocycles. The Morgan fingerprint density at radius 1 is 1.40 bits per heavy atom. The highest BCUT2D eigenvalue weighted by Gasteiger charge is 2.26. The largest absolute Gasteiger partial charge is 0.506 e. The predicted octanol–water partition coefficient (Wildman–Crippen LogP) is 3.50. The molecule has 0 aromatic heterocycles. The first-order valence-corrected chi connectivity index (χ1v) is 5.77. The van der Waals surface area contributed by atoms with Gasteiger partial charge < -0.3 is 10.8 Å². The molecule has 0 spiro atoms. The summed E-state index contributed by atoms with van der Waals surface area (Å²) in [6, 6.07) is 3.27. The summed E-state index contributed by atoms with van der Waals surface area (Å²) in [5.41, 5.74) is 6.69.